The van der Waals surface area contributed by atoms with Gasteiger partial charge in [0.2, 0.25) is 0 Å². The van der Waals surface area contributed by atoms with E-state index in [-0.39, 0.29) is 24.5 Å². The van der Waals surface area contributed by atoms with E-state index >= 15 is 0 Å². The maximum absolute atomic E-state index is 11.9. The van der Waals surface area contributed by atoms with Crippen LogP contribution >= 0.6 is 0 Å². The van der Waals surface area contributed by atoms with Gasteiger partial charge in [0.25, 0.3) is 0 Å². The highest BCUT2D eigenvalue weighted by Gasteiger charge is 2.37. The Morgan fingerprint density at radius 3 is 2.53 bits per heavy atom. The van der Waals surface area contributed by atoms with Gasteiger partial charge >= 0.3 is 12.3 Å². The highest BCUT2D eigenvalue weighted by Crippen LogP contribution is 2.20. The SMILES string of the molecule is C#CCN(C(=O)OCC(F)(F)F)C1CCS(=O)(=O)C1. The number of hydrogen-bond donors (Lipinski definition) is 0. The van der Waals surface area contributed by atoms with Crippen LogP contribution in [0.2, 0.25) is 0 Å². The molecule has 1 atom stereocenters. The van der Waals surface area contributed by atoms with Crippen molar-refractivity contribution in [3.05, 3.63) is 0 Å². The number of nitrogens with zero attached hydrogens (tertiary/aromatic N) is 1. The van der Waals surface area contributed by atoms with Crippen LogP contribution in [0.25, 0.3) is 0 Å². The summed E-state index contributed by atoms with van der Waals surface area (Å²) in [4.78, 5) is 12.3. The Balaban J connectivity index is 2.68. The van der Waals surface area contributed by atoms with E-state index in [0.29, 0.717) is 0 Å². The number of halogens is 3. The second kappa shape index (κ2) is 5.69. The Labute approximate surface area is 108 Å². The summed E-state index contributed by atoms with van der Waals surface area (Å²) < 4.78 is 62.4. The Morgan fingerprint density at radius 2 is 2.11 bits per heavy atom. The van der Waals surface area contributed by atoms with Gasteiger partial charge in [-0.15, -0.1) is 6.42 Å². The van der Waals surface area contributed by atoms with Crippen molar-refractivity contribution in [3.8, 4) is 12.3 Å². The molecule has 1 fully saturated rings. The van der Waals surface area contributed by atoms with Gasteiger partial charge in [0, 0.05) is 0 Å². The zero-order valence-corrected chi connectivity index (χ0v) is 10.6. The van der Waals surface area contributed by atoms with Crippen LogP contribution in [0.3, 0.4) is 0 Å². The van der Waals surface area contributed by atoms with Crippen LogP contribution in [0.1, 0.15) is 6.42 Å². The van der Waals surface area contributed by atoms with Crippen LogP contribution in [0.5, 0.6) is 0 Å². The van der Waals surface area contributed by atoms with E-state index in [4.69, 9.17) is 6.42 Å². The van der Waals surface area contributed by atoms with Gasteiger partial charge in [-0.05, 0) is 6.42 Å². The lowest BCUT2D eigenvalue weighted by Crippen LogP contribution is -2.42. The van der Waals surface area contributed by atoms with Crippen LogP contribution < -0.4 is 0 Å². The minimum Gasteiger partial charge on any atom is -0.440 e. The summed E-state index contributed by atoms with van der Waals surface area (Å²) >= 11 is 0. The fraction of sp³-hybridized carbons (Fsp3) is 0.700. The van der Waals surface area contributed by atoms with Crippen LogP contribution in [0.4, 0.5) is 18.0 Å². The zero-order valence-electron chi connectivity index (χ0n) is 9.81. The first-order valence-corrected chi connectivity index (χ1v) is 7.11. The van der Waals surface area contributed by atoms with Gasteiger partial charge in [-0.1, -0.05) is 5.92 Å². The Bertz CT molecular complexity index is 480. The van der Waals surface area contributed by atoms with Crippen molar-refractivity contribution in [1.82, 2.24) is 4.90 Å². The van der Waals surface area contributed by atoms with Crippen LogP contribution in [-0.4, -0.2) is 56.3 Å². The van der Waals surface area contributed by atoms with Gasteiger partial charge in [0.15, 0.2) is 16.4 Å². The normalized spacial score (nSPS) is 21.7. The van der Waals surface area contributed by atoms with E-state index < -0.39 is 34.8 Å². The summed E-state index contributed by atoms with van der Waals surface area (Å²) in [5.41, 5.74) is 0. The van der Waals surface area contributed by atoms with E-state index in [1.54, 1.807) is 0 Å². The number of amides is 1. The maximum atomic E-state index is 11.9. The standard InChI is InChI=1S/C10H12F3NO4S/c1-2-4-14(8-3-5-19(16,17)6-8)9(15)18-7-10(11,12)13/h1,8H,3-7H2. The molecule has 0 aromatic rings. The number of carbonyl (C=O) groups is 1. The first-order chi connectivity index (χ1) is 8.64. The Morgan fingerprint density at radius 1 is 1.47 bits per heavy atom. The highest BCUT2D eigenvalue weighted by atomic mass is 32.2. The third-order valence-corrected chi connectivity index (χ3v) is 4.25. The number of terminal acetylenes is 1. The molecular weight excluding hydrogens is 287 g/mol. The predicted molar refractivity (Wildman–Crippen MR) is 60.0 cm³/mol. The third-order valence-electron chi connectivity index (χ3n) is 2.50. The molecule has 0 aromatic heterocycles. The zero-order chi connectivity index (χ0) is 14.7. The minimum atomic E-state index is -4.64. The minimum absolute atomic E-state index is 0.120. The molecule has 0 spiro atoms. The van der Waals surface area contributed by atoms with Crippen LogP contribution in [-0.2, 0) is 14.6 Å². The molecule has 0 radical (unpaired) electrons. The quantitative estimate of drug-likeness (QED) is 0.723. The van der Waals surface area contributed by atoms with E-state index in [9.17, 15) is 26.4 Å². The van der Waals surface area contributed by atoms with Crippen molar-refractivity contribution in [1.29, 1.82) is 0 Å². The van der Waals surface area contributed by atoms with E-state index in [2.05, 4.69) is 10.7 Å². The van der Waals surface area contributed by atoms with Crippen LogP contribution in [0.15, 0.2) is 0 Å². The molecule has 1 unspecified atom stereocenters. The molecule has 1 saturated heterocycles. The summed E-state index contributed by atoms with van der Waals surface area (Å²) in [6.07, 6.45) is -0.735. The molecule has 19 heavy (non-hydrogen) atoms. The third kappa shape index (κ3) is 4.98. The molecule has 0 aliphatic carbocycles. The van der Waals surface area contributed by atoms with Crippen LogP contribution in [0, 0.1) is 12.3 Å². The van der Waals surface area contributed by atoms with Crippen molar-refractivity contribution in [2.75, 3.05) is 24.7 Å². The van der Waals surface area contributed by atoms with E-state index in [1.807, 2.05) is 0 Å². The molecule has 0 bridgehead atoms. The summed E-state index contributed by atoms with van der Waals surface area (Å²) in [7, 11) is -3.28. The summed E-state index contributed by atoms with van der Waals surface area (Å²) in [6, 6.07) is -0.734. The number of hydrogen-bond acceptors (Lipinski definition) is 4. The molecule has 1 aliphatic heterocycles. The fourth-order valence-corrected chi connectivity index (χ4v) is 3.42. The van der Waals surface area contributed by atoms with E-state index in [0.717, 1.165) is 4.90 Å². The average Bonchev–Trinajstić information content (AvgIpc) is 2.62. The number of carbonyl (C=O) groups excluding carboxylic acids is 1. The lowest BCUT2D eigenvalue weighted by molar-refractivity contribution is -0.162. The van der Waals surface area contributed by atoms with Crippen molar-refractivity contribution < 1.29 is 31.1 Å². The first-order valence-electron chi connectivity index (χ1n) is 5.28. The predicted octanol–water partition coefficient (Wildman–Crippen LogP) is 0.808. The Kier molecular flexibility index (Phi) is 4.68. The molecule has 5 nitrogen and oxygen atoms in total. The topological polar surface area (TPSA) is 63.7 Å². The average molecular weight is 299 g/mol. The smallest absolute Gasteiger partial charge is 0.422 e. The summed E-state index contributed by atoms with van der Waals surface area (Å²) in [6.45, 7) is -2.02. The molecule has 9 heteroatoms. The van der Waals surface area contributed by atoms with Gasteiger partial charge in [0.1, 0.15) is 0 Å². The number of ether oxygens (including phenoxy) is 1. The number of sulfone groups is 1. The maximum Gasteiger partial charge on any atom is 0.422 e. The van der Waals surface area contributed by atoms with Gasteiger partial charge in [-0.3, -0.25) is 4.90 Å². The molecule has 0 N–H and O–H groups in total. The highest BCUT2D eigenvalue weighted by molar-refractivity contribution is 7.91. The van der Waals surface area contributed by atoms with Crippen molar-refractivity contribution in [2.45, 2.75) is 18.6 Å². The molecule has 1 aliphatic rings. The lowest BCUT2D eigenvalue weighted by Gasteiger charge is -2.25. The fourth-order valence-electron chi connectivity index (χ4n) is 1.69. The van der Waals surface area contributed by atoms with Gasteiger partial charge < -0.3 is 4.74 Å². The lowest BCUT2D eigenvalue weighted by atomic mass is 10.2. The molecule has 1 rings (SSSR count). The van der Waals surface area contributed by atoms with Gasteiger partial charge in [0.05, 0.1) is 24.1 Å². The largest absolute Gasteiger partial charge is 0.440 e. The van der Waals surface area contributed by atoms with Crippen molar-refractivity contribution >= 4 is 15.9 Å². The molecule has 1 amide bonds. The van der Waals surface area contributed by atoms with Crippen molar-refractivity contribution in [2.24, 2.45) is 0 Å². The molecule has 1 heterocycles. The Hall–Kier alpha value is -1.43. The van der Waals surface area contributed by atoms with E-state index in [1.165, 1.54) is 0 Å². The first kappa shape index (κ1) is 15.6. The van der Waals surface area contributed by atoms with Gasteiger partial charge in [-0.2, -0.15) is 13.2 Å². The summed E-state index contributed by atoms with van der Waals surface area (Å²) in [5.74, 6) is 1.67. The number of rotatable bonds is 3. The number of alkyl halides is 3. The molecule has 0 aromatic carbocycles. The molecule has 0 saturated carbocycles. The summed E-state index contributed by atoms with van der Waals surface area (Å²) in [5, 5.41) is 0. The van der Waals surface area contributed by atoms with Crippen molar-refractivity contribution in [3.63, 3.8) is 0 Å². The molecular formula is C10H12F3NO4S. The molecule has 108 valence electrons. The second-order valence-electron chi connectivity index (χ2n) is 4.06. The second-order valence-corrected chi connectivity index (χ2v) is 6.29. The monoisotopic (exact) mass is 299 g/mol. The van der Waals surface area contributed by atoms with Gasteiger partial charge in [-0.25, -0.2) is 13.2 Å².